The average molecular weight is 645 g/mol. The monoisotopic (exact) mass is 644 g/mol. The Labute approximate surface area is 273 Å². The molecule has 228 valence electrons. The third-order valence-corrected chi connectivity index (χ3v) is 8.65. The number of fused-ring (bicyclic) bond motifs is 1. The Bertz CT molecular complexity index is 1990. The molecular weight excluding hydrogens is 617 g/mol. The van der Waals surface area contributed by atoms with Gasteiger partial charge in [-0.2, -0.15) is 11.3 Å². The van der Waals surface area contributed by atoms with Gasteiger partial charge in [0, 0.05) is 27.4 Å². The lowest BCUT2D eigenvalue weighted by Gasteiger charge is -2.14. The number of aromatic nitrogens is 1. The Kier molecular flexibility index (Phi) is 9.37. The molecule has 0 aliphatic carbocycles. The van der Waals surface area contributed by atoms with Crippen LogP contribution in [-0.2, 0) is 9.59 Å². The summed E-state index contributed by atoms with van der Waals surface area (Å²) in [4.78, 5) is 44.5. The van der Waals surface area contributed by atoms with Gasteiger partial charge in [-0.05, 0) is 102 Å². The first-order valence-corrected chi connectivity index (χ1v) is 16.2. The van der Waals surface area contributed by atoms with Crippen LogP contribution in [0.3, 0.4) is 0 Å². The van der Waals surface area contributed by atoms with Gasteiger partial charge in [0.25, 0.3) is 11.8 Å². The first-order chi connectivity index (χ1) is 22.4. The fourth-order valence-corrected chi connectivity index (χ4v) is 6.05. The molecule has 0 aliphatic rings. The molecule has 0 radical (unpaired) electrons. The van der Waals surface area contributed by atoms with E-state index in [1.165, 1.54) is 23.1 Å². The lowest BCUT2D eigenvalue weighted by molar-refractivity contribution is -0.115. The number of para-hydroxylation sites is 2. The highest BCUT2D eigenvalue weighted by Gasteiger charge is 2.18. The number of thioether (sulfide) groups is 1. The maximum absolute atomic E-state index is 13.3. The summed E-state index contributed by atoms with van der Waals surface area (Å²) < 4.78 is 5.84. The molecule has 4 aromatic carbocycles. The second kappa shape index (κ2) is 14.1. The summed E-state index contributed by atoms with van der Waals surface area (Å²) in [6.45, 7) is 1.82. The molecule has 2 heterocycles. The number of carbonyl (C=O) groups excluding carboxylic acids is 3. The fourth-order valence-electron chi connectivity index (χ4n) is 4.51. The van der Waals surface area contributed by atoms with Crippen LogP contribution in [0.1, 0.15) is 22.8 Å². The normalized spacial score (nSPS) is 12.0. The van der Waals surface area contributed by atoms with E-state index in [-0.39, 0.29) is 17.5 Å². The first-order valence-electron chi connectivity index (χ1n) is 14.4. The van der Waals surface area contributed by atoms with E-state index in [0.29, 0.717) is 22.8 Å². The van der Waals surface area contributed by atoms with Crippen molar-refractivity contribution in [3.8, 4) is 11.5 Å². The van der Waals surface area contributed by atoms with E-state index in [9.17, 15) is 14.4 Å². The summed E-state index contributed by atoms with van der Waals surface area (Å²) in [5.74, 6) is -0.506. The van der Waals surface area contributed by atoms with E-state index in [1.807, 2.05) is 84.4 Å². The lowest BCUT2D eigenvalue weighted by Crippen LogP contribution is -2.30. The van der Waals surface area contributed by atoms with Crippen LogP contribution in [0.25, 0.3) is 28.6 Å². The minimum absolute atomic E-state index is 0.111. The number of hydrogen-bond donors (Lipinski definition) is 3. The molecule has 3 amide bonds. The largest absolute Gasteiger partial charge is 0.436 e. The standard InChI is InChI=1S/C36H28N4O4S2/c1-23(33(41)37-27-16-14-26(15-17-27)36-40-30-12-5-6-13-32(30)44-36)46-29-11-7-10-28(21-29)38-35(43)31(20-24-18-19-45-22-24)39-34(42)25-8-3-2-4-9-25/h2-23H,1H3,(H,37,41)(H,38,43)(H,39,42)/b31-20-. The summed E-state index contributed by atoms with van der Waals surface area (Å²) in [6, 6.07) is 32.7. The number of nitrogens with one attached hydrogen (secondary N) is 3. The third-order valence-electron chi connectivity index (χ3n) is 6.85. The minimum atomic E-state index is -0.468. The molecule has 0 fully saturated rings. The number of carbonyl (C=O) groups is 3. The van der Waals surface area contributed by atoms with Crippen molar-refractivity contribution in [3.63, 3.8) is 0 Å². The van der Waals surface area contributed by atoms with Gasteiger partial charge in [-0.15, -0.1) is 11.8 Å². The van der Waals surface area contributed by atoms with Crippen molar-refractivity contribution in [3.05, 3.63) is 137 Å². The van der Waals surface area contributed by atoms with Crippen LogP contribution in [0.5, 0.6) is 0 Å². The van der Waals surface area contributed by atoms with Crippen molar-refractivity contribution < 1.29 is 18.8 Å². The molecule has 1 unspecified atom stereocenters. The summed E-state index contributed by atoms with van der Waals surface area (Å²) in [5.41, 5.74) is 4.85. The molecule has 2 aromatic heterocycles. The molecule has 6 rings (SSSR count). The smallest absolute Gasteiger partial charge is 0.272 e. The Morgan fingerprint density at radius 1 is 0.848 bits per heavy atom. The number of anilines is 2. The van der Waals surface area contributed by atoms with Gasteiger partial charge in [-0.1, -0.05) is 36.4 Å². The van der Waals surface area contributed by atoms with Crippen LogP contribution in [0.2, 0.25) is 0 Å². The molecule has 1 atom stereocenters. The molecule has 6 aromatic rings. The molecule has 8 nitrogen and oxygen atoms in total. The van der Waals surface area contributed by atoms with Gasteiger partial charge >= 0.3 is 0 Å². The molecule has 0 saturated heterocycles. The highest BCUT2D eigenvalue weighted by atomic mass is 32.2. The highest BCUT2D eigenvalue weighted by molar-refractivity contribution is 8.00. The predicted molar refractivity (Wildman–Crippen MR) is 185 cm³/mol. The van der Waals surface area contributed by atoms with Gasteiger partial charge in [0.15, 0.2) is 5.58 Å². The second-order valence-corrected chi connectivity index (χ2v) is 12.4. The zero-order valence-electron chi connectivity index (χ0n) is 24.6. The van der Waals surface area contributed by atoms with E-state index >= 15 is 0 Å². The lowest BCUT2D eigenvalue weighted by atomic mass is 10.2. The Morgan fingerprint density at radius 3 is 2.39 bits per heavy atom. The zero-order chi connectivity index (χ0) is 31.9. The molecule has 46 heavy (non-hydrogen) atoms. The molecular formula is C36H28N4O4S2. The summed E-state index contributed by atoms with van der Waals surface area (Å²) in [6.07, 6.45) is 1.64. The molecule has 0 saturated carbocycles. The summed E-state index contributed by atoms with van der Waals surface area (Å²) in [5, 5.41) is 11.9. The van der Waals surface area contributed by atoms with Gasteiger partial charge in [0.05, 0.1) is 5.25 Å². The number of benzene rings is 4. The number of nitrogens with zero attached hydrogens (tertiary/aromatic N) is 1. The van der Waals surface area contributed by atoms with E-state index in [1.54, 1.807) is 48.5 Å². The van der Waals surface area contributed by atoms with Crippen LogP contribution < -0.4 is 16.0 Å². The number of amides is 3. The maximum atomic E-state index is 13.3. The van der Waals surface area contributed by atoms with Crippen LogP contribution >= 0.6 is 23.1 Å². The van der Waals surface area contributed by atoms with Crippen molar-refractivity contribution in [2.24, 2.45) is 0 Å². The third kappa shape index (κ3) is 7.60. The second-order valence-electron chi connectivity index (χ2n) is 10.2. The number of thiophene rings is 1. The molecule has 3 N–H and O–H groups in total. The highest BCUT2D eigenvalue weighted by Crippen LogP contribution is 2.28. The molecule has 0 spiro atoms. The van der Waals surface area contributed by atoms with E-state index in [4.69, 9.17) is 4.42 Å². The van der Waals surface area contributed by atoms with E-state index in [2.05, 4.69) is 20.9 Å². The minimum Gasteiger partial charge on any atom is -0.436 e. The van der Waals surface area contributed by atoms with Crippen molar-refractivity contribution in [2.45, 2.75) is 17.1 Å². The van der Waals surface area contributed by atoms with Gasteiger partial charge in [0.2, 0.25) is 11.8 Å². The number of rotatable bonds is 10. The van der Waals surface area contributed by atoms with Gasteiger partial charge in [0.1, 0.15) is 11.2 Å². The molecule has 10 heteroatoms. The zero-order valence-corrected chi connectivity index (χ0v) is 26.2. The van der Waals surface area contributed by atoms with Gasteiger partial charge in [-0.25, -0.2) is 4.98 Å². The SMILES string of the molecule is CC(Sc1cccc(NC(=O)/C(=C/c2ccsc2)NC(=O)c2ccccc2)c1)C(=O)Nc1ccc(-c2nc3ccccc3o2)cc1. The Hall–Kier alpha value is -5.45. The maximum Gasteiger partial charge on any atom is 0.272 e. The molecule has 0 aliphatic heterocycles. The Balaban J connectivity index is 1.08. The Morgan fingerprint density at radius 2 is 1.63 bits per heavy atom. The number of hydrogen-bond acceptors (Lipinski definition) is 7. The van der Waals surface area contributed by atoms with Crippen LogP contribution in [0.4, 0.5) is 11.4 Å². The van der Waals surface area contributed by atoms with Crippen molar-refractivity contribution >= 4 is 69.4 Å². The fraction of sp³-hybridized carbons (Fsp3) is 0.0556. The van der Waals surface area contributed by atoms with Crippen molar-refractivity contribution in [1.29, 1.82) is 0 Å². The topological polar surface area (TPSA) is 113 Å². The molecule has 0 bridgehead atoms. The van der Waals surface area contributed by atoms with Crippen LogP contribution in [0, 0.1) is 0 Å². The first kappa shape index (κ1) is 30.6. The van der Waals surface area contributed by atoms with Crippen LogP contribution in [0.15, 0.2) is 135 Å². The summed E-state index contributed by atoms with van der Waals surface area (Å²) in [7, 11) is 0. The van der Waals surface area contributed by atoms with Crippen molar-refractivity contribution in [2.75, 3.05) is 10.6 Å². The van der Waals surface area contributed by atoms with E-state index < -0.39 is 11.2 Å². The van der Waals surface area contributed by atoms with Gasteiger partial charge < -0.3 is 20.4 Å². The van der Waals surface area contributed by atoms with Crippen molar-refractivity contribution in [1.82, 2.24) is 10.3 Å². The number of oxazole rings is 1. The van der Waals surface area contributed by atoms with E-state index in [0.717, 1.165) is 27.1 Å². The average Bonchev–Trinajstić information content (AvgIpc) is 3.75. The van der Waals surface area contributed by atoms with Gasteiger partial charge in [-0.3, -0.25) is 14.4 Å². The summed E-state index contributed by atoms with van der Waals surface area (Å²) >= 11 is 2.86. The van der Waals surface area contributed by atoms with Crippen LogP contribution in [-0.4, -0.2) is 28.0 Å². The predicted octanol–water partition coefficient (Wildman–Crippen LogP) is 8.09. The quantitative estimate of drug-likeness (QED) is 0.103.